The van der Waals surface area contributed by atoms with E-state index in [1.807, 2.05) is 31.2 Å². The minimum atomic E-state index is -3.75. The molecule has 1 amide bonds. The average Bonchev–Trinajstić information content (AvgIpc) is 3.22. The Labute approximate surface area is 229 Å². The van der Waals surface area contributed by atoms with Gasteiger partial charge in [0, 0.05) is 44.8 Å². The van der Waals surface area contributed by atoms with Gasteiger partial charge in [0.2, 0.25) is 10.0 Å². The number of likely N-dealkylation sites (tertiary alicyclic amines) is 1. The number of hydrogen-bond acceptors (Lipinski definition) is 7. The van der Waals surface area contributed by atoms with E-state index in [1.54, 1.807) is 12.1 Å². The van der Waals surface area contributed by atoms with Crippen LogP contribution in [0.15, 0.2) is 59.0 Å². The number of nitrogens with zero attached hydrogens (tertiary/aromatic N) is 3. The Kier molecular flexibility index (Phi) is 8.18. The predicted molar refractivity (Wildman–Crippen MR) is 146 cm³/mol. The molecule has 208 valence electrons. The monoisotopic (exact) mass is 553 g/mol. The number of carbonyl (C=O) groups is 2. The van der Waals surface area contributed by atoms with Gasteiger partial charge < -0.3 is 14.7 Å². The molecule has 0 aromatic heterocycles. The molecular formula is C29H35N3O6S. The number of hydrogen-bond donors (Lipinski definition) is 1. The first-order valence-electron chi connectivity index (χ1n) is 13.5. The normalized spacial score (nSPS) is 22.9. The van der Waals surface area contributed by atoms with E-state index in [0.717, 1.165) is 37.9 Å². The molecule has 9 nitrogen and oxygen atoms in total. The molecule has 1 atom stereocenters. The number of Topliss-reactive ketones (excluding diaryl/α,β-unsaturated/α-hetero) is 1. The van der Waals surface area contributed by atoms with Crippen LogP contribution in [0.4, 0.5) is 0 Å². The van der Waals surface area contributed by atoms with E-state index in [4.69, 9.17) is 4.74 Å². The van der Waals surface area contributed by atoms with Crippen molar-refractivity contribution in [2.24, 2.45) is 0 Å². The van der Waals surface area contributed by atoms with Gasteiger partial charge in [0.15, 0.2) is 0 Å². The van der Waals surface area contributed by atoms with Crippen LogP contribution in [0.25, 0.3) is 5.76 Å². The van der Waals surface area contributed by atoms with Crippen LogP contribution in [0.2, 0.25) is 0 Å². The molecule has 2 aromatic rings. The van der Waals surface area contributed by atoms with E-state index >= 15 is 0 Å². The summed E-state index contributed by atoms with van der Waals surface area (Å²) in [6.45, 7) is 6.49. The van der Waals surface area contributed by atoms with Crippen molar-refractivity contribution in [3.05, 3.63) is 70.8 Å². The van der Waals surface area contributed by atoms with E-state index in [1.165, 1.54) is 21.3 Å². The number of amides is 1. The molecule has 3 saturated heterocycles. The van der Waals surface area contributed by atoms with Crippen LogP contribution in [-0.2, 0) is 24.3 Å². The Bertz CT molecular complexity index is 1360. The Morgan fingerprint density at radius 2 is 1.64 bits per heavy atom. The van der Waals surface area contributed by atoms with Gasteiger partial charge in [-0.1, -0.05) is 48.4 Å². The third kappa shape index (κ3) is 5.65. The number of morpholine rings is 1. The maximum absolute atomic E-state index is 13.4. The molecule has 3 aliphatic heterocycles. The minimum Gasteiger partial charge on any atom is -0.507 e. The number of rotatable bonds is 7. The van der Waals surface area contributed by atoms with Gasteiger partial charge in [0.1, 0.15) is 5.76 Å². The molecule has 5 rings (SSSR count). The first-order chi connectivity index (χ1) is 18.8. The summed E-state index contributed by atoms with van der Waals surface area (Å²) in [7, 11) is -3.75. The second-order valence-electron chi connectivity index (χ2n) is 10.3. The smallest absolute Gasteiger partial charge is 0.295 e. The summed E-state index contributed by atoms with van der Waals surface area (Å²) in [4.78, 5) is 30.4. The molecule has 1 unspecified atom stereocenters. The third-order valence-electron chi connectivity index (χ3n) is 7.75. The number of benzene rings is 2. The molecule has 0 saturated carbocycles. The fourth-order valence-electron chi connectivity index (χ4n) is 5.49. The number of carbonyl (C=O) groups excluding carboxylic acids is 2. The van der Waals surface area contributed by atoms with Gasteiger partial charge in [-0.2, -0.15) is 4.31 Å². The van der Waals surface area contributed by atoms with Gasteiger partial charge in [0.05, 0.1) is 29.7 Å². The number of sulfonamides is 1. The number of aliphatic hydroxyl groups is 1. The molecule has 3 aliphatic rings. The second kappa shape index (κ2) is 11.6. The topological polar surface area (TPSA) is 107 Å². The zero-order valence-corrected chi connectivity index (χ0v) is 23.0. The molecule has 2 aromatic carbocycles. The summed E-state index contributed by atoms with van der Waals surface area (Å²) < 4.78 is 33.5. The number of aryl methyl sites for hydroxylation is 1. The Morgan fingerprint density at radius 1 is 0.949 bits per heavy atom. The highest BCUT2D eigenvalue weighted by Gasteiger charge is 2.46. The van der Waals surface area contributed by atoms with Gasteiger partial charge in [-0.05, 0) is 37.5 Å². The number of ether oxygens (including phenoxy) is 1. The fourth-order valence-corrected chi connectivity index (χ4v) is 7.06. The lowest BCUT2D eigenvalue weighted by molar-refractivity contribution is -0.140. The van der Waals surface area contributed by atoms with Gasteiger partial charge in [-0.25, -0.2) is 8.42 Å². The maximum Gasteiger partial charge on any atom is 0.295 e. The van der Waals surface area contributed by atoms with E-state index in [-0.39, 0.29) is 21.8 Å². The largest absolute Gasteiger partial charge is 0.507 e. The lowest BCUT2D eigenvalue weighted by Crippen LogP contribution is -2.42. The van der Waals surface area contributed by atoms with Crippen molar-refractivity contribution in [1.29, 1.82) is 0 Å². The zero-order chi connectivity index (χ0) is 27.6. The molecule has 39 heavy (non-hydrogen) atoms. The van der Waals surface area contributed by atoms with Crippen LogP contribution in [0.1, 0.15) is 42.0 Å². The lowest BCUT2D eigenvalue weighted by atomic mass is 9.95. The number of aliphatic hydroxyl groups excluding tert-OH is 1. The van der Waals surface area contributed by atoms with E-state index in [9.17, 15) is 23.1 Å². The maximum atomic E-state index is 13.4. The van der Waals surface area contributed by atoms with Gasteiger partial charge in [-0.15, -0.1) is 0 Å². The first kappa shape index (κ1) is 27.5. The van der Waals surface area contributed by atoms with Crippen LogP contribution < -0.4 is 0 Å². The van der Waals surface area contributed by atoms with E-state index in [0.29, 0.717) is 45.0 Å². The van der Waals surface area contributed by atoms with Crippen LogP contribution in [0.5, 0.6) is 0 Å². The van der Waals surface area contributed by atoms with Crippen molar-refractivity contribution >= 4 is 27.5 Å². The summed E-state index contributed by atoms with van der Waals surface area (Å²) in [6, 6.07) is 12.8. The number of ketones is 1. The highest BCUT2D eigenvalue weighted by atomic mass is 32.2. The first-order valence-corrected chi connectivity index (χ1v) is 15.0. The SMILES string of the molecule is Cc1ccc(C2/C(=C(\O)c3cccc(S(=O)(=O)N4CCCCC4)c3)C(=O)C(=O)N2CCN2CCOCC2)cc1. The van der Waals surface area contributed by atoms with Crippen LogP contribution in [0, 0.1) is 6.92 Å². The predicted octanol–water partition coefficient (Wildman–Crippen LogP) is 2.92. The summed E-state index contributed by atoms with van der Waals surface area (Å²) in [6.07, 6.45) is 2.62. The van der Waals surface area contributed by atoms with Crippen LogP contribution in [0.3, 0.4) is 0 Å². The van der Waals surface area contributed by atoms with Gasteiger partial charge in [-0.3, -0.25) is 14.5 Å². The quantitative estimate of drug-likeness (QED) is 0.319. The van der Waals surface area contributed by atoms with Crippen molar-refractivity contribution in [3.63, 3.8) is 0 Å². The summed E-state index contributed by atoms with van der Waals surface area (Å²) in [5, 5.41) is 11.5. The van der Waals surface area contributed by atoms with Crippen LogP contribution >= 0.6 is 0 Å². The zero-order valence-electron chi connectivity index (χ0n) is 22.2. The van der Waals surface area contributed by atoms with Crippen molar-refractivity contribution in [2.45, 2.75) is 37.1 Å². The number of piperidine rings is 1. The van der Waals surface area contributed by atoms with E-state index in [2.05, 4.69) is 4.90 Å². The molecule has 10 heteroatoms. The molecule has 1 N–H and O–H groups in total. The standard InChI is InChI=1S/C29H35N3O6S/c1-21-8-10-22(11-9-21)26-25(28(34)29(35)32(26)15-14-30-16-18-38-19-17-30)27(33)23-6-5-7-24(20-23)39(36,37)31-12-3-2-4-13-31/h5-11,20,26,33H,2-4,12-19H2,1H3/b27-25+. The lowest BCUT2D eigenvalue weighted by Gasteiger charge is -2.31. The van der Waals surface area contributed by atoms with Crippen molar-refractivity contribution in [3.8, 4) is 0 Å². The van der Waals surface area contributed by atoms with Crippen molar-refractivity contribution in [2.75, 3.05) is 52.5 Å². The second-order valence-corrected chi connectivity index (χ2v) is 12.3. The van der Waals surface area contributed by atoms with Crippen molar-refractivity contribution in [1.82, 2.24) is 14.1 Å². The Balaban J connectivity index is 1.52. The molecule has 3 heterocycles. The fraction of sp³-hybridized carbons (Fsp3) is 0.448. The molecular weight excluding hydrogens is 518 g/mol. The molecule has 0 radical (unpaired) electrons. The highest BCUT2D eigenvalue weighted by molar-refractivity contribution is 7.89. The molecule has 0 spiro atoms. The van der Waals surface area contributed by atoms with Gasteiger partial charge >= 0.3 is 0 Å². The van der Waals surface area contributed by atoms with Crippen molar-refractivity contribution < 1.29 is 27.9 Å². The molecule has 0 bridgehead atoms. The van der Waals surface area contributed by atoms with Crippen LogP contribution in [-0.4, -0.2) is 91.8 Å². The van der Waals surface area contributed by atoms with Gasteiger partial charge in [0.25, 0.3) is 11.7 Å². The Morgan fingerprint density at radius 3 is 2.33 bits per heavy atom. The summed E-state index contributed by atoms with van der Waals surface area (Å²) in [5.74, 6) is -1.82. The molecule has 3 fully saturated rings. The Hall–Kier alpha value is -3.05. The molecule has 0 aliphatic carbocycles. The summed E-state index contributed by atoms with van der Waals surface area (Å²) >= 11 is 0. The third-order valence-corrected chi connectivity index (χ3v) is 9.65. The average molecular weight is 554 g/mol. The van der Waals surface area contributed by atoms with E-state index < -0.39 is 27.8 Å². The minimum absolute atomic E-state index is 0.0293. The highest BCUT2D eigenvalue weighted by Crippen LogP contribution is 2.39. The summed E-state index contributed by atoms with van der Waals surface area (Å²) in [5.41, 5.74) is 1.90.